The number of nitriles is 1. The Labute approximate surface area is 281 Å². The molecule has 1 N–H and O–H groups in total. The Morgan fingerprint density at radius 3 is 2.09 bits per heavy atom. The maximum Gasteiger partial charge on any atom is 0.410 e. The summed E-state index contributed by atoms with van der Waals surface area (Å²) < 4.78 is 5.45. The Balaban J connectivity index is 1.03. The molecule has 0 bridgehead atoms. The van der Waals surface area contributed by atoms with Crippen LogP contribution in [0.5, 0.6) is 0 Å². The summed E-state index contributed by atoms with van der Waals surface area (Å²) >= 11 is 6.23. The van der Waals surface area contributed by atoms with Crippen LogP contribution in [0.4, 0.5) is 21.1 Å². The van der Waals surface area contributed by atoms with Crippen LogP contribution < -0.4 is 15.1 Å². The molecule has 0 spiro atoms. The summed E-state index contributed by atoms with van der Waals surface area (Å²) in [5, 5.41) is 21.2. The van der Waals surface area contributed by atoms with Crippen molar-refractivity contribution in [1.29, 1.82) is 5.26 Å². The first-order chi connectivity index (χ1) is 22.4. The minimum Gasteiger partial charge on any atom is -0.444 e. The van der Waals surface area contributed by atoms with Gasteiger partial charge in [0, 0.05) is 77.2 Å². The van der Waals surface area contributed by atoms with Gasteiger partial charge in [0.15, 0.2) is 11.5 Å². The monoisotopic (exact) mass is 665 g/mol. The van der Waals surface area contributed by atoms with Crippen LogP contribution in [0.2, 0.25) is 5.02 Å². The molecule has 0 radical (unpaired) electrons. The number of anilines is 2. The highest BCUT2D eigenvalue weighted by molar-refractivity contribution is 6.32. The van der Waals surface area contributed by atoms with Crippen molar-refractivity contribution in [1.82, 2.24) is 30.2 Å². The van der Waals surface area contributed by atoms with Crippen molar-refractivity contribution in [3.63, 3.8) is 0 Å². The van der Waals surface area contributed by atoms with E-state index in [2.05, 4.69) is 31.4 Å². The number of nitrogens with zero attached hydrogens (tertiary/aromatic N) is 8. The molecule has 4 amide bonds. The van der Waals surface area contributed by atoms with Gasteiger partial charge in [-0.1, -0.05) is 11.6 Å². The molecule has 1 saturated carbocycles. The fourth-order valence-corrected chi connectivity index (χ4v) is 6.46. The van der Waals surface area contributed by atoms with Gasteiger partial charge in [-0.15, -0.1) is 10.2 Å². The molecule has 14 heteroatoms. The van der Waals surface area contributed by atoms with Crippen molar-refractivity contribution < 1.29 is 19.1 Å². The standard InChI is InChI=1S/C33H44ClN9O4/c1-33(2,3)47-32(46)43-19-17-42(18-20-43)31(45)41-15-13-40(14-16-41)29-12-11-28(37-38-29)30(44)36-24-6-9-25(10-7-24)39(4)26-8-5-23(22-35)27(34)21-26/h5,8,11-12,21,24-25H,6-7,9-10,13-20H2,1-4H3,(H,36,44). The molecule has 1 aliphatic carbocycles. The molecular formula is C33H44ClN9O4. The van der Waals surface area contributed by atoms with Gasteiger partial charge in [0.25, 0.3) is 5.91 Å². The number of carbonyl (C=O) groups excluding carboxylic acids is 3. The van der Waals surface area contributed by atoms with E-state index in [1.54, 1.807) is 21.9 Å². The highest BCUT2D eigenvalue weighted by atomic mass is 35.5. The molecule has 3 fully saturated rings. The van der Waals surface area contributed by atoms with Crippen LogP contribution in [0, 0.1) is 11.3 Å². The van der Waals surface area contributed by atoms with Gasteiger partial charge in [-0.3, -0.25) is 4.79 Å². The van der Waals surface area contributed by atoms with Crippen LogP contribution in [0.3, 0.4) is 0 Å². The second-order valence-electron chi connectivity index (χ2n) is 13.4. The van der Waals surface area contributed by atoms with Crippen molar-refractivity contribution in [3.8, 4) is 6.07 Å². The maximum absolute atomic E-state index is 13.1. The number of piperazine rings is 2. The molecule has 2 aliphatic heterocycles. The lowest BCUT2D eigenvalue weighted by Gasteiger charge is -2.40. The summed E-state index contributed by atoms with van der Waals surface area (Å²) in [5.41, 5.74) is 1.16. The normalized spacial score (nSPS) is 20.3. The van der Waals surface area contributed by atoms with E-state index in [0.717, 1.165) is 31.4 Å². The Morgan fingerprint density at radius 2 is 1.53 bits per heavy atom. The fourth-order valence-electron chi connectivity index (χ4n) is 6.24. The first-order valence-corrected chi connectivity index (χ1v) is 16.6. The van der Waals surface area contributed by atoms with Crippen molar-refractivity contribution >= 4 is 41.1 Å². The summed E-state index contributed by atoms with van der Waals surface area (Å²) in [6.45, 7) is 9.67. The van der Waals surface area contributed by atoms with Crippen LogP contribution in [0.1, 0.15) is 62.5 Å². The van der Waals surface area contributed by atoms with Crippen LogP contribution >= 0.6 is 11.6 Å². The topological polar surface area (TPSA) is 138 Å². The lowest BCUT2D eigenvalue weighted by atomic mass is 9.90. The maximum atomic E-state index is 13.1. The van der Waals surface area contributed by atoms with Gasteiger partial charge < -0.3 is 34.6 Å². The van der Waals surface area contributed by atoms with Crippen molar-refractivity contribution in [2.45, 2.75) is 64.1 Å². The Bertz CT molecular complexity index is 1470. The average Bonchev–Trinajstić information content (AvgIpc) is 3.07. The Hall–Kier alpha value is -4.31. The van der Waals surface area contributed by atoms with Crippen LogP contribution in [0.15, 0.2) is 30.3 Å². The Morgan fingerprint density at radius 1 is 0.915 bits per heavy atom. The van der Waals surface area contributed by atoms with E-state index in [4.69, 9.17) is 21.6 Å². The zero-order valence-electron chi connectivity index (χ0n) is 27.6. The first-order valence-electron chi connectivity index (χ1n) is 16.3. The summed E-state index contributed by atoms with van der Waals surface area (Å²) in [6, 6.07) is 11.4. The fraction of sp³-hybridized carbons (Fsp3) is 0.576. The number of amides is 4. The van der Waals surface area contributed by atoms with Gasteiger partial charge in [-0.25, -0.2) is 9.59 Å². The first kappa shape index (κ1) is 34.0. The van der Waals surface area contributed by atoms with Crippen molar-refractivity contribution in [3.05, 3.63) is 46.6 Å². The lowest BCUT2D eigenvalue weighted by Crippen LogP contribution is -2.57. The van der Waals surface area contributed by atoms with E-state index in [0.29, 0.717) is 74.8 Å². The molecule has 47 heavy (non-hydrogen) atoms. The minimum absolute atomic E-state index is 0.0223. The third-order valence-corrected chi connectivity index (χ3v) is 9.33. The molecule has 5 rings (SSSR count). The number of rotatable bonds is 5. The van der Waals surface area contributed by atoms with Crippen LogP contribution in [-0.4, -0.2) is 120 Å². The number of carbonyl (C=O) groups is 3. The molecular weight excluding hydrogens is 622 g/mol. The number of halogens is 1. The molecule has 2 aromatic rings. The number of ether oxygens (including phenoxy) is 1. The minimum atomic E-state index is -0.551. The lowest BCUT2D eigenvalue weighted by molar-refractivity contribution is 0.0157. The Kier molecular flexibility index (Phi) is 10.6. The second-order valence-corrected chi connectivity index (χ2v) is 13.8. The number of benzene rings is 1. The molecule has 0 atom stereocenters. The number of nitrogens with one attached hydrogen (secondary N) is 1. The van der Waals surface area contributed by atoms with Gasteiger partial charge in [0.1, 0.15) is 11.7 Å². The molecule has 3 heterocycles. The summed E-state index contributed by atoms with van der Waals surface area (Å²) in [5.74, 6) is 0.438. The third kappa shape index (κ3) is 8.54. The molecule has 2 saturated heterocycles. The van der Waals surface area contributed by atoms with Crippen molar-refractivity contribution in [2.75, 3.05) is 69.2 Å². The number of urea groups is 1. The highest BCUT2D eigenvalue weighted by Gasteiger charge is 2.32. The second kappa shape index (κ2) is 14.6. The van der Waals surface area contributed by atoms with E-state index in [1.165, 1.54) is 0 Å². The summed E-state index contributed by atoms with van der Waals surface area (Å²) in [4.78, 5) is 48.0. The smallest absolute Gasteiger partial charge is 0.410 e. The van der Waals surface area contributed by atoms with Gasteiger partial charge in [-0.05, 0) is 76.8 Å². The third-order valence-electron chi connectivity index (χ3n) is 9.02. The molecule has 13 nitrogen and oxygen atoms in total. The number of hydrogen-bond donors (Lipinski definition) is 1. The van der Waals surface area contributed by atoms with E-state index in [1.807, 2.05) is 50.9 Å². The molecule has 0 unspecified atom stereocenters. The van der Waals surface area contributed by atoms with Crippen LogP contribution in [0.25, 0.3) is 0 Å². The van der Waals surface area contributed by atoms with E-state index < -0.39 is 5.60 Å². The largest absolute Gasteiger partial charge is 0.444 e. The summed E-state index contributed by atoms with van der Waals surface area (Å²) in [6.07, 6.45) is 3.18. The highest BCUT2D eigenvalue weighted by Crippen LogP contribution is 2.29. The van der Waals surface area contributed by atoms with E-state index in [-0.39, 0.29) is 29.8 Å². The molecule has 1 aromatic carbocycles. The molecule has 3 aliphatic rings. The van der Waals surface area contributed by atoms with Crippen LogP contribution in [-0.2, 0) is 4.74 Å². The van der Waals surface area contributed by atoms with Gasteiger partial charge in [0.05, 0.1) is 10.6 Å². The number of aromatic nitrogens is 2. The zero-order chi connectivity index (χ0) is 33.7. The predicted octanol–water partition coefficient (Wildman–Crippen LogP) is 3.97. The summed E-state index contributed by atoms with van der Waals surface area (Å²) in [7, 11) is 2.04. The average molecular weight is 666 g/mol. The molecule has 1 aromatic heterocycles. The molecule has 252 valence electrons. The van der Waals surface area contributed by atoms with Gasteiger partial charge in [0.2, 0.25) is 0 Å². The predicted molar refractivity (Wildman–Crippen MR) is 179 cm³/mol. The zero-order valence-corrected chi connectivity index (χ0v) is 28.4. The van der Waals surface area contributed by atoms with E-state index in [9.17, 15) is 14.4 Å². The van der Waals surface area contributed by atoms with Crippen molar-refractivity contribution in [2.24, 2.45) is 0 Å². The van der Waals surface area contributed by atoms with E-state index >= 15 is 0 Å². The number of hydrogen-bond acceptors (Lipinski definition) is 9. The SMILES string of the molecule is CN(c1ccc(C#N)c(Cl)c1)C1CCC(NC(=O)c2ccc(N3CCN(C(=O)N4CCN(C(=O)OC(C)(C)C)CC4)CC3)nn2)CC1. The van der Waals surface area contributed by atoms with Gasteiger partial charge in [-0.2, -0.15) is 5.26 Å². The van der Waals surface area contributed by atoms with Gasteiger partial charge >= 0.3 is 12.1 Å². The quantitative estimate of drug-likeness (QED) is 0.503.